The molecule has 2 aromatic heterocycles. The number of carbonyl (C=O) groups is 2. The summed E-state index contributed by atoms with van der Waals surface area (Å²) in [4.78, 5) is 34.6. The van der Waals surface area contributed by atoms with Crippen LogP contribution in [0.4, 0.5) is 24.7 Å². The summed E-state index contributed by atoms with van der Waals surface area (Å²) in [5.41, 5.74) is 1.84. The average molecular weight is 491 g/mol. The second kappa shape index (κ2) is 9.68. The van der Waals surface area contributed by atoms with Crippen LogP contribution in [0.5, 0.6) is 5.75 Å². The quantitative estimate of drug-likeness (QED) is 0.388. The van der Waals surface area contributed by atoms with Crippen molar-refractivity contribution in [2.24, 2.45) is 5.92 Å². The predicted octanol–water partition coefficient (Wildman–Crippen LogP) is 4.97. The maximum absolute atomic E-state index is 12.8. The molecule has 176 valence electrons. The molecule has 0 unspecified atom stereocenters. The van der Waals surface area contributed by atoms with E-state index < -0.39 is 18.0 Å². The van der Waals surface area contributed by atoms with E-state index in [-0.39, 0.29) is 17.2 Å². The summed E-state index contributed by atoms with van der Waals surface area (Å²) in [7, 11) is 0. The fraction of sp³-hybridized carbons (Fsp3) is 0.217. The molecule has 34 heavy (non-hydrogen) atoms. The molecule has 3 aromatic rings. The number of benzene rings is 1. The molecule has 11 heteroatoms. The van der Waals surface area contributed by atoms with Gasteiger partial charge in [-0.3, -0.25) is 4.79 Å². The van der Waals surface area contributed by atoms with Gasteiger partial charge in [-0.05, 0) is 48.9 Å². The van der Waals surface area contributed by atoms with Gasteiger partial charge in [0.1, 0.15) is 23.0 Å². The smallest absolute Gasteiger partial charge is 0.406 e. The number of pyridine rings is 2. The fourth-order valence-corrected chi connectivity index (χ4v) is 3.73. The summed E-state index contributed by atoms with van der Waals surface area (Å²) >= 11 is 5.91. The molecule has 1 saturated heterocycles. The number of nitrogens with one attached hydrogen (secondary N) is 1. The minimum atomic E-state index is -4.80. The van der Waals surface area contributed by atoms with Gasteiger partial charge >= 0.3 is 6.36 Å². The van der Waals surface area contributed by atoms with Crippen molar-refractivity contribution >= 4 is 35.3 Å². The molecule has 0 spiro atoms. The maximum Gasteiger partial charge on any atom is 0.573 e. The van der Waals surface area contributed by atoms with E-state index in [0.717, 1.165) is 18.4 Å². The summed E-state index contributed by atoms with van der Waals surface area (Å²) in [6.07, 6.45) is -0.188. The normalized spacial score (nSPS) is 15.8. The van der Waals surface area contributed by atoms with Crippen LogP contribution >= 0.6 is 11.6 Å². The van der Waals surface area contributed by atoms with E-state index >= 15 is 0 Å². The van der Waals surface area contributed by atoms with Gasteiger partial charge in [-0.15, -0.1) is 13.2 Å². The highest BCUT2D eigenvalue weighted by Gasteiger charge is 2.31. The van der Waals surface area contributed by atoms with Crippen molar-refractivity contribution in [1.82, 2.24) is 9.97 Å². The van der Waals surface area contributed by atoms with Crippen molar-refractivity contribution in [2.75, 3.05) is 23.3 Å². The third kappa shape index (κ3) is 5.63. The van der Waals surface area contributed by atoms with Crippen LogP contribution in [0.25, 0.3) is 11.1 Å². The van der Waals surface area contributed by atoms with E-state index in [1.807, 2.05) is 4.90 Å². The lowest BCUT2D eigenvalue weighted by molar-refractivity contribution is -0.274. The molecule has 1 N–H and O–H groups in total. The number of carbonyl (C=O) groups excluding carboxylic acids is 2. The molecule has 1 aliphatic rings. The summed E-state index contributed by atoms with van der Waals surface area (Å²) in [5.74, 6) is -0.379. The Morgan fingerprint density at radius 1 is 1.15 bits per heavy atom. The van der Waals surface area contributed by atoms with Crippen LogP contribution in [0.3, 0.4) is 0 Å². The largest absolute Gasteiger partial charge is 0.573 e. The predicted molar refractivity (Wildman–Crippen MR) is 120 cm³/mol. The van der Waals surface area contributed by atoms with Gasteiger partial charge in [-0.25, -0.2) is 9.97 Å². The average Bonchev–Trinajstić information content (AvgIpc) is 3.29. The standard InChI is InChI=1S/C23H18ClF3N4O3/c24-20-6-1-15(10-28-20)19-9-16(11-29-21(19)31-8-7-14(12-31)13-32)22(33)30-17-2-4-18(5-3-17)34-23(25,26)27/h1-6,9-11,13-14H,7-8,12H2,(H,30,33)/t14-/m0/s1. The highest BCUT2D eigenvalue weighted by Crippen LogP contribution is 2.33. The number of halogens is 4. The first-order valence-corrected chi connectivity index (χ1v) is 10.6. The molecule has 7 nitrogen and oxygen atoms in total. The first kappa shape index (κ1) is 23.5. The van der Waals surface area contributed by atoms with Crippen molar-refractivity contribution < 1.29 is 27.5 Å². The third-order valence-corrected chi connectivity index (χ3v) is 5.45. The third-order valence-electron chi connectivity index (χ3n) is 5.23. The highest BCUT2D eigenvalue weighted by molar-refractivity contribution is 6.29. The number of amides is 1. The molecule has 1 atom stereocenters. The molecular weight excluding hydrogens is 473 g/mol. The maximum atomic E-state index is 12.8. The highest BCUT2D eigenvalue weighted by atomic mass is 35.5. The molecular formula is C23H18ClF3N4O3. The van der Waals surface area contributed by atoms with Gasteiger partial charge < -0.3 is 19.7 Å². The SMILES string of the molecule is O=C[C@H]1CCN(c2ncc(C(=O)Nc3ccc(OC(F)(F)F)cc3)cc2-c2ccc(Cl)nc2)C1. The van der Waals surface area contributed by atoms with Gasteiger partial charge in [0, 0.05) is 48.2 Å². The van der Waals surface area contributed by atoms with Crippen LogP contribution in [0, 0.1) is 5.92 Å². The van der Waals surface area contributed by atoms with E-state index in [1.165, 1.54) is 18.3 Å². The van der Waals surface area contributed by atoms with Gasteiger partial charge in [-0.2, -0.15) is 0 Å². The number of nitrogens with zero attached hydrogens (tertiary/aromatic N) is 3. The molecule has 0 bridgehead atoms. The van der Waals surface area contributed by atoms with E-state index in [4.69, 9.17) is 11.6 Å². The summed E-state index contributed by atoms with van der Waals surface area (Å²) in [6.45, 7) is 1.16. The molecule has 1 fully saturated rings. The summed E-state index contributed by atoms with van der Waals surface area (Å²) < 4.78 is 40.8. The number of anilines is 2. The van der Waals surface area contributed by atoms with Crippen molar-refractivity contribution in [3.05, 3.63) is 65.6 Å². The number of hydrogen-bond donors (Lipinski definition) is 1. The molecule has 3 heterocycles. The Bertz CT molecular complexity index is 1190. The summed E-state index contributed by atoms with van der Waals surface area (Å²) in [6, 6.07) is 9.83. The Kier molecular flexibility index (Phi) is 6.69. The number of alkyl halides is 3. The van der Waals surface area contributed by atoms with E-state index in [9.17, 15) is 22.8 Å². The van der Waals surface area contributed by atoms with Crippen LogP contribution in [0.15, 0.2) is 54.9 Å². The van der Waals surface area contributed by atoms with Crippen molar-refractivity contribution in [2.45, 2.75) is 12.8 Å². The zero-order valence-electron chi connectivity index (χ0n) is 17.6. The second-order valence-corrected chi connectivity index (χ2v) is 8.01. The Morgan fingerprint density at radius 2 is 1.91 bits per heavy atom. The van der Waals surface area contributed by atoms with Crippen LogP contribution < -0.4 is 15.0 Å². The number of ether oxygens (including phenoxy) is 1. The Labute approximate surface area is 197 Å². The second-order valence-electron chi connectivity index (χ2n) is 7.62. The monoisotopic (exact) mass is 490 g/mol. The van der Waals surface area contributed by atoms with E-state index in [2.05, 4.69) is 20.0 Å². The molecule has 1 aromatic carbocycles. The number of rotatable bonds is 6. The Hall–Kier alpha value is -3.66. The van der Waals surface area contributed by atoms with Crippen LogP contribution in [0.2, 0.25) is 5.15 Å². The van der Waals surface area contributed by atoms with Crippen LogP contribution in [-0.4, -0.2) is 41.6 Å². The number of aldehydes is 1. The Balaban J connectivity index is 1.59. The number of aromatic nitrogens is 2. The van der Waals surface area contributed by atoms with Gasteiger partial charge in [0.05, 0.1) is 5.56 Å². The van der Waals surface area contributed by atoms with Gasteiger partial charge in [0.25, 0.3) is 5.91 Å². The molecule has 0 aliphatic carbocycles. The molecule has 1 aliphatic heterocycles. The lowest BCUT2D eigenvalue weighted by atomic mass is 10.1. The first-order valence-electron chi connectivity index (χ1n) is 10.2. The van der Waals surface area contributed by atoms with E-state index in [0.29, 0.717) is 41.6 Å². The molecule has 1 amide bonds. The lowest BCUT2D eigenvalue weighted by Crippen LogP contribution is -2.22. The van der Waals surface area contributed by atoms with Crippen molar-refractivity contribution in [3.8, 4) is 16.9 Å². The Morgan fingerprint density at radius 3 is 2.53 bits per heavy atom. The zero-order valence-corrected chi connectivity index (χ0v) is 18.3. The van der Waals surface area contributed by atoms with Crippen LogP contribution in [-0.2, 0) is 4.79 Å². The molecule has 4 rings (SSSR count). The zero-order chi connectivity index (χ0) is 24.3. The van der Waals surface area contributed by atoms with Crippen molar-refractivity contribution in [3.63, 3.8) is 0 Å². The fourth-order valence-electron chi connectivity index (χ4n) is 3.62. The topological polar surface area (TPSA) is 84.4 Å². The minimum Gasteiger partial charge on any atom is -0.406 e. The van der Waals surface area contributed by atoms with Gasteiger partial charge in [0.2, 0.25) is 0 Å². The summed E-state index contributed by atoms with van der Waals surface area (Å²) in [5, 5.41) is 2.94. The first-order chi connectivity index (χ1) is 16.2. The van der Waals surface area contributed by atoms with Crippen LogP contribution in [0.1, 0.15) is 16.8 Å². The van der Waals surface area contributed by atoms with E-state index in [1.54, 1.807) is 24.4 Å². The molecule has 0 saturated carbocycles. The van der Waals surface area contributed by atoms with Crippen molar-refractivity contribution in [1.29, 1.82) is 0 Å². The number of hydrogen-bond acceptors (Lipinski definition) is 6. The van der Waals surface area contributed by atoms with Gasteiger partial charge in [0.15, 0.2) is 0 Å². The minimum absolute atomic E-state index is 0.0923. The lowest BCUT2D eigenvalue weighted by Gasteiger charge is -2.21. The molecule has 0 radical (unpaired) electrons. The van der Waals surface area contributed by atoms with Gasteiger partial charge in [-0.1, -0.05) is 11.6 Å².